The number of likely N-dealkylation sites (tertiary alicyclic amines) is 1. The molecule has 150 valence electrons. The topological polar surface area (TPSA) is 47.0 Å². The monoisotopic (exact) mass is 484 g/mol. The third-order valence-corrected chi connectivity index (χ3v) is 6.45. The number of hydrogen-bond acceptors (Lipinski definition) is 4. The number of aliphatic imine (C=N–C) groups is 1. The normalized spacial score (nSPS) is 22.5. The molecule has 0 aromatic carbocycles. The fourth-order valence-electron chi connectivity index (χ4n) is 4.49. The lowest BCUT2D eigenvalue weighted by molar-refractivity contribution is 0.151. The second-order valence-corrected chi connectivity index (χ2v) is 8.24. The first kappa shape index (κ1) is 20.6. The van der Waals surface area contributed by atoms with Crippen molar-refractivity contribution in [2.24, 2.45) is 10.4 Å². The minimum absolute atomic E-state index is 0. The Morgan fingerprint density at radius 2 is 1.96 bits per heavy atom. The van der Waals surface area contributed by atoms with E-state index in [0.717, 1.165) is 51.0 Å². The Kier molecular flexibility index (Phi) is 6.83. The Labute approximate surface area is 180 Å². The van der Waals surface area contributed by atoms with Crippen molar-refractivity contribution < 1.29 is 0 Å². The number of rotatable bonds is 3. The number of hydrogen-bond donors (Lipinski definition) is 1. The van der Waals surface area contributed by atoms with E-state index in [0.29, 0.717) is 5.41 Å². The molecule has 7 heteroatoms. The Bertz CT molecular complexity index is 652. The van der Waals surface area contributed by atoms with E-state index in [2.05, 4.69) is 49.2 Å². The number of aromatic nitrogens is 1. The first-order valence-corrected chi connectivity index (χ1v) is 10.0. The van der Waals surface area contributed by atoms with Gasteiger partial charge >= 0.3 is 0 Å². The predicted molar refractivity (Wildman–Crippen MR) is 122 cm³/mol. The summed E-state index contributed by atoms with van der Waals surface area (Å²) >= 11 is 0. The minimum atomic E-state index is 0. The molecule has 1 aromatic heterocycles. The summed E-state index contributed by atoms with van der Waals surface area (Å²) in [5.41, 5.74) is 1.87. The summed E-state index contributed by atoms with van der Waals surface area (Å²) in [6.07, 6.45) is 7.48. The molecule has 2 saturated heterocycles. The van der Waals surface area contributed by atoms with E-state index >= 15 is 0 Å². The molecule has 4 rings (SSSR count). The third-order valence-electron chi connectivity index (χ3n) is 6.45. The average Bonchev–Trinajstić information content (AvgIpc) is 3.09. The molecule has 0 amide bonds. The maximum atomic E-state index is 4.59. The van der Waals surface area contributed by atoms with Gasteiger partial charge < -0.3 is 20.0 Å². The number of likely N-dealkylation sites (N-methyl/N-ethyl adjacent to an activating group) is 1. The molecule has 1 aromatic rings. The van der Waals surface area contributed by atoms with E-state index in [4.69, 9.17) is 0 Å². The van der Waals surface area contributed by atoms with E-state index in [1.165, 1.54) is 37.8 Å². The summed E-state index contributed by atoms with van der Waals surface area (Å²) in [7, 11) is 4.08. The van der Waals surface area contributed by atoms with Crippen molar-refractivity contribution in [1.29, 1.82) is 0 Å². The second-order valence-electron chi connectivity index (χ2n) is 8.24. The lowest BCUT2D eigenvalue weighted by atomic mass is 9.68. The molecule has 0 atom stereocenters. The van der Waals surface area contributed by atoms with Crippen LogP contribution in [0.3, 0.4) is 0 Å². The number of nitrogens with zero attached hydrogens (tertiary/aromatic N) is 5. The average molecular weight is 484 g/mol. The summed E-state index contributed by atoms with van der Waals surface area (Å²) < 4.78 is 0. The molecular formula is C20H33IN6. The van der Waals surface area contributed by atoms with Gasteiger partial charge in [0.2, 0.25) is 0 Å². The molecule has 27 heavy (non-hydrogen) atoms. The van der Waals surface area contributed by atoms with E-state index < -0.39 is 0 Å². The van der Waals surface area contributed by atoms with Gasteiger partial charge in [-0.3, -0.25) is 4.99 Å². The summed E-state index contributed by atoms with van der Waals surface area (Å²) in [5.74, 6) is 2.15. The van der Waals surface area contributed by atoms with Gasteiger partial charge in [0.15, 0.2) is 5.96 Å². The van der Waals surface area contributed by atoms with Gasteiger partial charge in [0.1, 0.15) is 5.82 Å². The van der Waals surface area contributed by atoms with Gasteiger partial charge in [-0.15, -0.1) is 24.0 Å². The standard InChI is InChI=1S/C20H32N6.HI/c1-21-19(26-9-7-20(16-26)5-3-6-20)23-15-17-4-8-22-18(14-17)25-12-10-24(2)11-13-25;/h4,8,14H,3,5-7,9-13,15-16H2,1-2H3,(H,21,23);1H. The van der Waals surface area contributed by atoms with Gasteiger partial charge in [-0.1, -0.05) is 6.42 Å². The Hall–Kier alpha value is -1.09. The molecule has 2 aliphatic heterocycles. The number of guanidine groups is 1. The van der Waals surface area contributed by atoms with Crippen molar-refractivity contribution in [3.63, 3.8) is 0 Å². The molecule has 0 bridgehead atoms. The van der Waals surface area contributed by atoms with Gasteiger partial charge in [-0.2, -0.15) is 0 Å². The molecule has 1 spiro atoms. The fourth-order valence-corrected chi connectivity index (χ4v) is 4.49. The third kappa shape index (κ3) is 4.67. The maximum absolute atomic E-state index is 4.59. The van der Waals surface area contributed by atoms with Gasteiger partial charge in [0, 0.05) is 59.1 Å². The number of nitrogens with one attached hydrogen (secondary N) is 1. The molecule has 6 nitrogen and oxygen atoms in total. The highest BCUT2D eigenvalue weighted by Crippen LogP contribution is 2.47. The second kappa shape index (κ2) is 8.94. The highest BCUT2D eigenvalue weighted by Gasteiger charge is 2.43. The van der Waals surface area contributed by atoms with Crippen molar-refractivity contribution >= 4 is 35.8 Å². The van der Waals surface area contributed by atoms with Crippen LogP contribution in [0.5, 0.6) is 0 Å². The molecular weight excluding hydrogens is 451 g/mol. The molecule has 1 N–H and O–H groups in total. The van der Waals surface area contributed by atoms with E-state index in [-0.39, 0.29) is 24.0 Å². The molecule has 0 unspecified atom stereocenters. The summed E-state index contributed by atoms with van der Waals surface area (Å²) in [4.78, 5) is 16.3. The van der Waals surface area contributed by atoms with Crippen LogP contribution < -0.4 is 10.2 Å². The van der Waals surface area contributed by atoms with Crippen molar-refractivity contribution in [2.45, 2.75) is 32.2 Å². The lowest BCUT2D eigenvalue weighted by Gasteiger charge is -2.38. The summed E-state index contributed by atoms with van der Waals surface area (Å²) in [6.45, 7) is 7.44. The first-order chi connectivity index (χ1) is 12.7. The maximum Gasteiger partial charge on any atom is 0.193 e. The van der Waals surface area contributed by atoms with Crippen LogP contribution in [0, 0.1) is 5.41 Å². The van der Waals surface area contributed by atoms with Gasteiger partial charge in [-0.05, 0) is 49.4 Å². The quantitative estimate of drug-likeness (QED) is 0.406. The van der Waals surface area contributed by atoms with Crippen LogP contribution in [0.4, 0.5) is 5.82 Å². The zero-order valence-corrected chi connectivity index (χ0v) is 19.0. The molecule has 0 radical (unpaired) electrons. The molecule has 1 saturated carbocycles. The fraction of sp³-hybridized carbons (Fsp3) is 0.700. The van der Waals surface area contributed by atoms with Crippen molar-refractivity contribution in [2.75, 3.05) is 58.3 Å². The summed E-state index contributed by atoms with van der Waals surface area (Å²) in [6, 6.07) is 4.33. The molecule has 3 heterocycles. The Morgan fingerprint density at radius 3 is 2.59 bits per heavy atom. The van der Waals surface area contributed by atoms with Gasteiger partial charge in [0.05, 0.1) is 0 Å². The Morgan fingerprint density at radius 1 is 1.19 bits per heavy atom. The van der Waals surface area contributed by atoms with E-state index in [1.807, 2.05) is 13.2 Å². The van der Waals surface area contributed by atoms with Gasteiger partial charge in [0.25, 0.3) is 0 Å². The highest BCUT2D eigenvalue weighted by atomic mass is 127. The number of halogens is 1. The zero-order valence-electron chi connectivity index (χ0n) is 16.7. The summed E-state index contributed by atoms with van der Waals surface area (Å²) in [5, 5.41) is 3.57. The number of piperazine rings is 1. The number of anilines is 1. The van der Waals surface area contributed by atoms with Crippen LogP contribution in [0.15, 0.2) is 23.3 Å². The van der Waals surface area contributed by atoms with Gasteiger partial charge in [-0.25, -0.2) is 4.98 Å². The van der Waals surface area contributed by atoms with Crippen LogP contribution in [-0.4, -0.2) is 74.1 Å². The van der Waals surface area contributed by atoms with Crippen molar-refractivity contribution in [3.8, 4) is 0 Å². The van der Waals surface area contributed by atoms with Crippen LogP contribution in [0.2, 0.25) is 0 Å². The number of pyridine rings is 1. The van der Waals surface area contributed by atoms with Crippen LogP contribution >= 0.6 is 24.0 Å². The highest BCUT2D eigenvalue weighted by molar-refractivity contribution is 14.0. The smallest absolute Gasteiger partial charge is 0.193 e. The SMILES string of the molecule is CN=C(NCc1ccnc(N2CCN(C)CC2)c1)N1CCC2(CCC2)C1.I. The lowest BCUT2D eigenvalue weighted by Crippen LogP contribution is -2.45. The van der Waals surface area contributed by atoms with Crippen LogP contribution in [-0.2, 0) is 6.54 Å². The molecule has 1 aliphatic carbocycles. The predicted octanol–water partition coefficient (Wildman–Crippen LogP) is 2.40. The van der Waals surface area contributed by atoms with Crippen LogP contribution in [0.1, 0.15) is 31.2 Å². The van der Waals surface area contributed by atoms with E-state index in [1.54, 1.807) is 0 Å². The molecule has 3 fully saturated rings. The van der Waals surface area contributed by atoms with E-state index in [9.17, 15) is 0 Å². The molecule has 3 aliphatic rings. The first-order valence-electron chi connectivity index (χ1n) is 10.0. The van der Waals surface area contributed by atoms with Crippen LogP contribution in [0.25, 0.3) is 0 Å². The largest absolute Gasteiger partial charge is 0.354 e. The zero-order chi connectivity index (χ0) is 18.0. The minimum Gasteiger partial charge on any atom is -0.354 e. The van der Waals surface area contributed by atoms with Crippen molar-refractivity contribution in [1.82, 2.24) is 20.1 Å². The van der Waals surface area contributed by atoms with Crippen molar-refractivity contribution in [3.05, 3.63) is 23.9 Å². The Balaban J connectivity index is 0.00000210.